The van der Waals surface area contributed by atoms with Gasteiger partial charge in [-0.05, 0) is 44.5 Å². The first kappa shape index (κ1) is 14.7. The number of benzene rings is 1. The third-order valence-electron chi connectivity index (χ3n) is 3.65. The van der Waals surface area contributed by atoms with Crippen molar-refractivity contribution in [2.45, 2.75) is 25.8 Å². The fraction of sp³-hybridized carbons (Fsp3) is 0.533. The third-order valence-corrected chi connectivity index (χ3v) is 3.65. The normalized spacial score (nSPS) is 14.4. The predicted octanol–water partition coefficient (Wildman–Crippen LogP) is 1.84. The number of carbonyl (C=O) groups is 1. The highest BCUT2D eigenvalue weighted by Gasteiger charge is 2.25. The van der Waals surface area contributed by atoms with Crippen molar-refractivity contribution >= 4 is 11.7 Å². The van der Waals surface area contributed by atoms with Crippen LogP contribution in [-0.2, 0) is 4.74 Å². The van der Waals surface area contributed by atoms with Gasteiger partial charge in [0.05, 0.1) is 12.7 Å². The number of nitrogens with two attached hydrogens (primary N) is 1. The smallest absolute Gasteiger partial charge is 0.340 e. The van der Waals surface area contributed by atoms with Crippen LogP contribution < -0.4 is 10.5 Å². The summed E-state index contributed by atoms with van der Waals surface area (Å²) in [7, 11) is 3.45. The van der Waals surface area contributed by atoms with Crippen LogP contribution in [0.2, 0.25) is 0 Å². The highest BCUT2D eigenvalue weighted by atomic mass is 16.5. The Labute approximate surface area is 119 Å². The Hall–Kier alpha value is -1.75. The monoisotopic (exact) mass is 278 g/mol. The first-order valence-corrected chi connectivity index (χ1v) is 6.84. The minimum Gasteiger partial charge on any atom is -0.492 e. The molecule has 2 N–H and O–H groups in total. The molecule has 5 heteroatoms. The van der Waals surface area contributed by atoms with Crippen LogP contribution >= 0.6 is 0 Å². The van der Waals surface area contributed by atoms with E-state index in [9.17, 15) is 4.79 Å². The highest BCUT2D eigenvalue weighted by molar-refractivity contribution is 5.96. The number of aryl methyl sites for hydroxylation is 1. The molecule has 5 nitrogen and oxygen atoms in total. The van der Waals surface area contributed by atoms with Gasteiger partial charge >= 0.3 is 5.97 Å². The van der Waals surface area contributed by atoms with Crippen molar-refractivity contribution < 1.29 is 14.3 Å². The van der Waals surface area contributed by atoms with Crippen LogP contribution in [0.5, 0.6) is 5.75 Å². The summed E-state index contributed by atoms with van der Waals surface area (Å²) in [4.78, 5) is 13.9. The molecule has 0 saturated heterocycles. The van der Waals surface area contributed by atoms with Gasteiger partial charge in [-0.25, -0.2) is 4.79 Å². The average molecular weight is 278 g/mol. The number of anilines is 1. The quantitative estimate of drug-likeness (QED) is 0.635. The summed E-state index contributed by atoms with van der Waals surface area (Å²) in [6, 6.07) is 4.21. The first-order valence-electron chi connectivity index (χ1n) is 6.84. The average Bonchev–Trinajstić information content (AvgIpc) is 3.26. The molecule has 0 heterocycles. The van der Waals surface area contributed by atoms with Crippen LogP contribution in [0.4, 0.5) is 5.69 Å². The lowest BCUT2D eigenvalue weighted by atomic mass is 10.1. The molecule has 1 aliphatic rings. The molecular weight excluding hydrogens is 256 g/mol. The van der Waals surface area contributed by atoms with Gasteiger partial charge in [0, 0.05) is 18.3 Å². The topological polar surface area (TPSA) is 64.8 Å². The van der Waals surface area contributed by atoms with Crippen LogP contribution in [0.25, 0.3) is 0 Å². The Morgan fingerprint density at radius 3 is 2.75 bits per heavy atom. The summed E-state index contributed by atoms with van der Waals surface area (Å²) >= 11 is 0. The molecule has 0 spiro atoms. The summed E-state index contributed by atoms with van der Waals surface area (Å²) in [5, 5.41) is 0. The lowest BCUT2D eigenvalue weighted by Crippen LogP contribution is -2.26. The van der Waals surface area contributed by atoms with E-state index in [1.807, 2.05) is 13.0 Å². The molecule has 1 fully saturated rings. The number of nitrogen functional groups attached to an aromatic ring is 1. The van der Waals surface area contributed by atoms with Crippen LogP contribution in [0.15, 0.2) is 12.1 Å². The van der Waals surface area contributed by atoms with Crippen molar-refractivity contribution in [1.29, 1.82) is 0 Å². The van der Waals surface area contributed by atoms with E-state index in [1.54, 1.807) is 6.07 Å². The largest absolute Gasteiger partial charge is 0.492 e. The number of nitrogens with zero attached hydrogens (tertiary/aromatic N) is 1. The van der Waals surface area contributed by atoms with Crippen molar-refractivity contribution in [2.24, 2.45) is 0 Å². The summed E-state index contributed by atoms with van der Waals surface area (Å²) in [5.41, 5.74) is 7.51. The second-order valence-electron chi connectivity index (χ2n) is 5.25. The molecule has 0 bridgehead atoms. The van der Waals surface area contributed by atoms with Crippen molar-refractivity contribution in [3.8, 4) is 5.75 Å². The highest BCUT2D eigenvalue weighted by Crippen LogP contribution is 2.26. The third kappa shape index (κ3) is 3.42. The lowest BCUT2D eigenvalue weighted by Gasteiger charge is -2.17. The second kappa shape index (κ2) is 6.13. The van der Waals surface area contributed by atoms with Crippen molar-refractivity contribution in [2.75, 3.05) is 33.0 Å². The molecular formula is C15H22N2O3. The zero-order chi connectivity index (χ0) is 14.7. The number of esters is 1. The number of methoxy groups -OCH3 is 1. The molecule has 1 saturated carbocycles. The molecule has 20 heavy (non-hydrogen) atoms. The molecule has 1 aliphatic carbocycles. The van der Waals surface area contributed by atoms with E-state index in [2.05, 4.69) is 11.9 Å². The summed E-state index contributed by atoms with van der Waals surface area (Å²) in [6.45, 7) is 3.32. The molecule has 0 radical (unpaired) electrons. The molecule has 2 rings (SSSR count). The van der Waals surface area contributed by atoms with Gasteiger partial charge in [-0.3, -0.25) is 0 Å². The number of carbonyl (C=O) groups excluding carboxylic acids is 1. The predicted molar refractivity (Wildman–Crippen MR) is 78.1 cm³/mol. The molecule has 0 aliphatic heterocycles. The van der Waals surface area contributed by atoms with Gasteiger partial charge in [-0.1, -0.05) is 0 Å². The Bertz CT molecular complexity index is 498. The van der Waals surface area contributed by atoms with E-state index in [-0.39, 0.29) is 0 Å². The summed E-state index contributed by atoms with van der Waals surface area (Å²) in [5.74, 6) is 0.215. The van der Waals surface area contributed by atoms with Crippen LogP contribution in [-0.4, -0.2) is 44.2 Å². The van der Waals surface area contributed by atoms with Gasteiger partial charge in [0.25, 0.3) is 0 Å². The zero-order valence-electron chi connectivity index (χ0n) is 12.3. The number of rotatable bonds is 6. The van der Waals surface area contributed by atoms with Crippen molar-refractivity contribution in [3.63, 3.8) is 0 Å². The van der Waals surface area contributed by atoms with E-state index in [4.69, 9.17) is 15.2 Å². The van der Waals surface area contributed by atoms with E-state index in [0.717, 1.165) is 18.2 Å². The maximum Gasteiger partial charge on any atom is 0.340 e. The fourth-order valence-corrected chi connectivity index (χ4v) is 2.13. The van der Waals surface area contributed by atoms with Gasteiger partial charge in [0.1, 0.15) is 12.4 Å². The van der Waals surface area contributed by atoms with Gasteiger partial charge in [0.15, 0.2) is 0 Å². The molecule has 0 aromatic heterocycles. The molecule has 0 atom stereocenters. The van der Waals surface area contributed by atoms with Crippen LogP contribution in [0.3, 0.4) is 0 Å². The Balaban J connectivity index is 2.00. The van der Waals surface area contributed by atoms with E-state index in [0.29, 0.717) is 23.6 Å². The van der Waals surface area contributed by atoms with Crippen LogP contribution in [0.1, 0.15) is 28.8 Å². The lowest BCUT2D eigenvalue weighted by molar-refractivity contribution is 0.0601. The molecule has 0 unspecified atom stereocenters. The van der Waals surface area contributed by atoms with E-state index in [1.165, 1.54) is 20.0 Å². The maximum atomic E-state index is 11.7. The number of ether oxygens (including phenoxy) is 2. The molecule has 1 aromatic rings. The van der Waals surface area contributed by atoms with E-state index < -0.39 is 5.97 Å². The second-order valence-corrected chi connectivity index (χ2v) is 5.25. The van der Waals surface area contributed by atoms with Crippen molar-refractivity contribution in [1.82, 2.24) is 4.90 Å². The van der Waals surface area contributed by atoms with Gasteiger partial charge in [0.2, 0.25) is 0 Å². The fourth-order valence-electron chi connectivity index (χ4n) is 2.13. The summed E-state index contributed by atoms with van der Waals surface area (Å²) in [6.07, 6.45) is 2.56. The van der Waals surface area contributed by atoms with Crippen molar-refractivity contribution in [3.05, 3.63) is 23.3 Å². The first-order chi connectivity index (χ1) is 9.52. The minimum absolute atomic E-state index is 0.359. The Kier molecular flexibility index (Phi) is 4.49. The Morgan fingerprint density at radius 1 is 1.45 bits per heavy atom. The standard InChI is InChI=1S/C15H22N2O3/c1-10-8-12(9-13(14(10)16)15(18)19-3)20-7-6-17(2)11-4-5-11/h8-9,11H,4-7,16H2,1-3H3. The van der Waals surface area contributed by atoms with Crippen LogP contribution in [0, 0.1) is 6.92 Å². The summed E-state index contributed by atoms with van der Waals surface area (Å²) < 4.78 is 10.4. The minimum atomic E-state index is -0.439. The van der Waals surface area contributed by atoms with Gasteiger partial charge < -0.3 is 20.1 Å². The molecule has 0 amide bonds. The number of hydrogen-bond donors (Lipinski definition) is 1. The number of likely N-dealkylation sites (N-methyl/N-ethyl adjacent to an activating group) is 1. The Morgan fingerprint density at radius 2 is 2.15 bits per heavy atom. The maximum absolute atomic E-state index is 11.7. The number of hydrogen-bond acceptors (Lipinski definition) is 5. The SMILES string of the molecule is COC(=O)c1cc(OCCN(C)C2CC2)cc(C)c1N. The molecule has 1 aromatic carbocycles. The molecule has 110 valence electrons. The zero-order valence-corrected chi connectivity index (χ0v) is 12.3. The van der Waals surface area contributed by atoms with Gasteiger partial charge in [-0.15, -0.1) is 0 Å². The van der Waals surface area contributed by atoms with Gasteiger partial charge in [-0.2, -0.15) is 0 Å². The van der Waals surface area contributed by atoms with E-state index >= 15 is 0 Å².